The maximum atomic E-state index is 13.4. The van der Waals surface area contributed by atoms with Gasteiger partial charge in [0.25, 0.3) is 5.91 Å². The maximum absolute atomic E-state index is 13.4. The Labute approximate surface area is 209 Å². The molecule has 3 rings (SSSR count). The molecule has 2 heterocycles. The molecule has 0 bridgehead atoms. The van der Waals surface area contributed by atoms with Crippen LogP contribution in [0.3, 0.4) is 0 Å². The van der Waals surface area contributed by atoms with Gasteiger partial charge >= 0.3 is 11.9 Å². The van der Waals surface area contributed by atoms with Crippen LogP contribution in [-0.4, -0.2) is 50.6 Å². The number of hydrogen-bond donors (Lipinski definition) is 2. The molecule has 0 aliphatic carbocycles. The summed E-state index contributed by atoms with van der Waals surface area (Å²) in [5.74, 6) is -1.27. The van der Waals surface area contributed by atoms with Crippen LogP contribution in [0.5, 0.6) is 5.75 Å². The van der Waals surface area contributed by atoms with Crippen molar-refractivity contribution >= 4 is 17.8 Å². The number of ether oxygens (including phenoxy) is 3. The number of hydrogen-bond acceptors (Lipinski definition) is 9. The molecule has 10 heteroatoms. The van der Waals surface area contributed by atoms with Crippen molar-refractivity contribution in [2.45, 2.75) is 32.9 Å². The predicted octanol–water partition coefficient (Wildman–Crippen LogP) is 2.36. The van der Waals surface area contributed by atoms with Gasteiger partial charge in [-0.1, -0.05) is 18.2 Å². The molecule has 10 nitrogen and oxygen atoms in total. The van der Waals surface area contributed by atoms with E-state index in [4.69, 9.17) is 24.4 Å². The van der Waals surface area contributed by atoms with E-state index in [-0.39, 0.29) is 24.4 Å². The monoisotopic (exact) mass is 497 g/mol. The number of nitrogens with one attached hydrogen (secondary N) is 1. The van der Waals surface area contributed by atoms with Crippen molar-refractivity contribution in [3.8, 4) is 5.75 Å². The molecular weight excluding hydrogens is 466 g/mol. The number of benzene rings is 1. The van der Waals surface area contributed by atoms with Crippen molar-refractivity contribution in [2.24, 2.45) is 5.73 Å². The number of furan rings is 1. The summed E-state index contributed by atoms with van der Waals surface area (Å²) in [5, 5.41) is 3.08. The van der Waals surface area contributed by atoms with E-state index in [0.717, 1.165) is 5.76 Å². The Bertz CT molecular complexity index is 1210. The lowest BCUT2D eigenvalue weighted by Gasteiger charge is -2.31. The fraction of sp³-hybridized carbons (Fsp3) is 0.346. The van der Waals surface area contributed by atoms with E-state index in [9.17, 15) is 14.4 Å². The van der Waals surface area contributed by atoms with Crippen LogP contribution in [0, 0.1) is 0 Å². The Hall–Kier alpha value is -4.05. The summed E-state index contributed by atoms with van der Waals surface area (Å²) in [7, 11) is 5.11. The standard InChI is InChI=1S/C26H31N3O7/c1-15-22(25(31)33-5)24(19-8-6-7-9-20(19)34-14-21(27)30)23(16(2)28-15)26(32)35-13-18-11-10-17(36-18)12-29(3)4/h6-11,24,28H,12-14H2,1-5H3,(H2,27,30). The van der Waals surface area contributed by atoms with E-state index in [1.54, 1.807) is 44.2 Å². The molecular formula is C26H31N3O7. The minimum absolute atomic E-state index is 0.0914. The number of allylic oxidation sites excluding steroid dienone is 2. The molecule has 2 aromatic rings. The van der Waals surface area contributed by atoms with E-state index in [1.165, 1.54) is 7.11 Å². The Morgan fingerprint density at radius 1 is 1.00 bits per heavy atom. The number of nitrogens with zero attached hydrogens (tertiary/aromatic N) is 1. The molecule has 1 unspecified atom stereocenters. The van der Waals surface area contributed by atoms with Crippen LogP contribution >= 0.6 is 0 Å². The molecule has 192 valence electrons. The summed E-state index contributed by atoms with van der Waals surface area (Å²) >= 11 is 0. The van der Waals surface area contributed by atoms with Crippen molar-refractivity contribution < 1.29 is 33.0 Å². The van der Waals surface area contributed by atoms with Gasteiger partial charge in [-0.15, -0.1) is 0 Å². The molecule has 1 aliphatic rings. The molecule has 0 fully saturated rings. The highest BCUT2D eigenvalue weighted by Gasteiger charge is 2.39. The zero-order valence-corrected chi connectivity index (χ0v) is 21.0. The van der Waals surface area contributed by atoms with Crippen molar-refractivity contribution in [1.29, 1.82) is 0 Å². The van der Waals surface area contributed by atoms with Gasteiger partial charge < -0.3 is 34.6 Å². The number of dihydropyridines is 1. The number of esters is 2. The van der Waals surface area contributed by atoms with Crippen molar-refractivity contribution in [3.63, 3.8) is 0 Å². The lowest BCUT2D eigenvalue weighted by Crippen LogP contribution is -2.32. The lowest BCUT2D eigenvalue weighted by molar-refractivity contribution is -0.141. The summed E-state index contributed by atoms with van der Waals surface area (Å²) < 4.78 is 22.0. The minimum atomic E-state index is -0.879. The molecule has 1 aromatic carbocycles. The number of rotatable bonds is 10. The van der Waals surface area contributed by atoms with E-state index < -0.39 is 23.8 Å². The Morgan fingerprint density at radius 2 is 1.64 bits per heavy atom. The molecule has 0 radical (unpaired) electrons. The van der Waals surface area contributed by atoms with E-state index in [0.29, 0.717) is 35.0 Å². The molecule has 1 amide bonds. The SMILES string of the molecule is COC(=O)C1=C(C)NC(C)=C(C(=O)OCc2ccc(CN(C)C)o2)C1c1ccccc1OCC(N)=O. The first-order valence-corrected chi connectivity index (χ1v) is 11.3. The van der Waals surface area contributed by atoms with Crippen LogP contribution in [0.15, 0.2) is 63.4 Å². The van der Waals surface area contributed by atoms with Crippen LogP contribution in [0.4, 0.5) is 0 Å². The van der Waals surface area contributed by atoms with Crippen LogP contribution < -0.4 is 15.8 Å². The first-order chi connectivity index (χ1) is 17.1. The maximum Gasteiger partial charge on any atom is 0.337 e. The van der Waals surface area contributed by atoms with Gasteiger partial charge in [0.2, 0.25) is 0 Å². The molecule has 36 heavy (non-hydrogen) atoms. The molecule has 3 N–H and O–H groups in total. The van der Waals surface area contributed by atoms with Crippen molar-refractivity contribution in [3.05, 3.63) is 76.0 Å². The second-order valence-corrected chi connectivity index (χ2v) is 8.60. The second kappa shape index (κ2) is 11.6. The van der Waals surface area contributed by atoms with Gasteiger partial charge in [-0.25, -0.2) is 9.59 Å². The van der Waals surface area contributed by atoms with E-state index in [2.05, 4.69) is 5.32 Å². The quantitative estimate of drug-likeness (QED) is 0.475. The number of carbonyl (C=O) groups excluding carboxylic acids is 3. The molecule has 0 spiro atoms. The topological polar surface area (TPSA) is 133 Å². The number of amides is 1. The highest BCUT2D eigenvalue weighted by atomic mass is 16.5. The minimum Gasteiger partial charge on any atom is -0.483 e. The molecule has 1 aromatic heterocycles. The van der Waals surface area contributed by atoms with Gasteiger partial charge in [-0.2, -0.15) is 0 Å². The average Bonchev–Trinajstić information content (AvgIpc) is 3.27. The third-order valence-corrected chi connectivity index (χ3v) is 5.52. The highest BCUT2D eigenvalue weighted by Crippen LogP contribution is 2.42. The van der Waals surface area contributed by atoms with E-state index in [1.807, 2.05) is 25.1 Å². The fourth-order valence-corrected chi connectivity index (χ4v) is 4.07. The summed E-state index contributed by atoms with van der Waals surface area (Å²) in [6, 6.07) is 10.4. The lowest BCUT2D eigenvalue weighted by atomic mass is 9.80. The average molecular weight is 498 g/mol. The number of carbonyl (C=O) groups is 3. The van der Waals surface area contributed by atoms with Gasteiger partial charge in [0.1, 0.15) is 23.9 Å². The summed E-state index contributed by atoms with van der Waals surface area (Å²) in [5.41, 5.74) is 7.19. The van der Waals surface area contributed by atoms with Gasteiger partial charge in [-0.3, -0.25) is 4.79 Å². The number of primary amides is 1. The summed E-state index contributed by atoms with van der Waals surface area (Å²) in [6.45, 7) is 3.59. The van der Waals surface area contributed by atoms with Gasteiger partial charge in [0.15, 0.2) is 6.61 Å². The zero-order valence-electron chi connectivity index (χ0n) is 21.0. The number of nitrogens with two attached hydrogens (primary N) is 1. The molecule has 0 saturated carbocycles. The van der Waals surface area contributed by atoms with Gasteiger partial charge in [0.05, 0.1) is 30.7 Å². The highest BCUT2D eigenvalue weighted by molar-refractivity contribution is 6.00. The normalized spacial score (nSPS) is 15.6. The van der Waals surface area contributed by atoms with Crippen LogP contribution in [0.25, 0.3) is 0 Å². The zero-order chi connectivity index (χ0) is 26.4. The summed E-state index contributed by atoms with van der Waals surface area (Å²) in [4.78, 5) is 39.6. The van der Waals surface area contributed by atoms with E-state index >= 15 is 0 Å². The van der Waals surface area contributed by atoms with Crippen molar-refractivity contribution in [2.75, 3.05) is 27.8 Å². The van der Waals surface area contributed by atoms with Crippen LogP contribution in [0.2, 0.25) is 0 Å². The Balaban J connectivity index is 1.97. The third-order valence-electron chi connectivity index (χ3n) is 5.52. The molecule has 0 saturated heterocycles. The van der Waals surface area contributed by atoms with Gasteiger partial charge in [0, 0.05) is 17.0 Å². The molecule has 1 aliphatic heterocycles. The van der Waals surface area contributed by atoms with Crippen molar-refractivity contribution in [1.82, 2.24) is 10.2 Å². The Kier molecular flexibility index (Phi) is 8.55. The predicted molar refractivity (Wildman–Crippen MR) is 130 cm³/mol. The number of para-hydroxylation sites is 1. The second-order valence-electron chi connectivity index (χ2n) is 8.60. The Morgan fingerprint density at radius 3 is 2.28 bits per heavy atom. The largest absolute Gasteiger partial charge is 0.483 e. The van der Waals surface area contributed by atoms with Crippen LogP contribution in [-0.2, 0) is 37.0 Å². The summed E-state index contributed by atoms with van der Waals surface area (Å²) in [6.07, 6.45) is 0. The fourth-order valence-electron chi connectivity index (χ4n) is 4.07. The van der Waals surface area contributed by atoms with Gasteiger partial charge in [-0.05, 0) is 46.1 Å². The first kappa shape index (κ1) is 26.6. The number of methoxy groups -OCH3 is 1. The third kappa shape index (κ3) is 6.14. The smallest absolute Gasteiger partial charge is 0.337 e. The molecule has 1 atom stereocenters. The van der Waals surface area contributed by atoms with Crippen LogP contribution in [0.1, 0.15) is 36.8 Å². The first-order valence-electron chi connectivity index (χ1n) is 11.3.